The number of benzene rings is 2. The second kappa shape index (κ2) is 8.35. The summed E-state index contributed by atoms with van der Waals surface area (Å²) in [5.41, 5.74) is 2.34. The van der Waals surface area contributed by atoms with Gasteiger partial charge in [-0.3, -0.25) is 19.0 Å². The number of nitrogens with zero attached hydrogens (tertiary/aromatic N) is 2. The number of hydrogen-bond donors (Lipinski definition) is 0. The predicted octanol–water partition coefficient (Wildman–Crippen LogP) is 4.59. The van der Waals surface area contributed by atoms with Crippen molar-refractivity contribution < 1.29 is 14.3 Å². The van der Waals surface area contributed by atoms with E-state index >= 15 is 0 Å². The van der Waals surface area contributed by atoms with Crippen LogP contribution in [0, 0.1) is 12.3 Å². The lowest BCUT2D eigenvalue weighted by Crippen LogP contribution is -2.39. The summed E-state index contributed by atoms with van der Waals surface area (Å²) in [6, 6.07) is 14.6. The van der Waals surface area contributed by atoms with E-state index in [1.54, 1.807) is 38.6 Å². The first-order chi connectivity index (χ1) is 15.6. The monoisotopic (exact) mass is 444 g/mol. The molecule has 0 N–H and O–H groups in total. The number of pyridine rings is 1. The number of ketones is 1. The Morgan fingerprint density at radius 3 is 2.42 bits per heavy atom. The number of ether oxygens (including phenoxy) is 1. The molecule has 1 aromatic heterocycles. The van der Waals surface area contributed by atoms with Crippen LogP contribution in [-0.2, 0) is 6.42 Å². The molecule has 1 aliphatic rings. The van der Waals surface area contributed by atoms with Gasteiger partial charge in [-0.25, -0.2) is 0 Å². The van der Waals surface area contributed by atoms with E-state index in [2.05, 4.69) is 0 Å². The van der Waals surface area contributed by atoms with Crippen LogP contribution in [0.2, 0.25) is 0 Å². The molecule has 1 heterocycles. The highest BCUT2D eigenvalue weighted by molar-refractivity contribution is 6.10. The van der Waals surface area contributed by atoms with Crippen molar-refractivity contribution >= 4 is 17.4 Å². The minimum atomic E-state index is -0.462. The molecule has 170 valence electrons. The summed E-state index contributed by atoms with van der Waals surface area (Å²) in [4.78, 5) is 42.1. The molecule has 1 amide bonds. The van der Waals surface area contributed by atoms with Crippen molar-refractivity contribution in [1.82, 2.24) is 4.57 Å². The smallest absolute Gasteiger partial charge is 0.268 e. The third kappa shape index (κ3) is 4.09. The molecular weight excluding hydrogens is 416 g/mol. The second-order valence-corrected chi connectivity index (χ2v) is 9.39. The van der Waals surface area contributed by atoms with Crippen LogP contribution in [-0.4, -0.2) is 30.4 Å². The molecule has 0 unspecified atom stereocenters. The van der Waals surface area contributed by atoms with Gasteiger partial charge in [-0.15, -0.1) is 0 Å². The third-order valence-corrected chi connectivity index (χ3v) is 6.16. The Bertz CT molecular complexity index is 1310. The molecule has 0 bridgehead atoms. The Morgan fingerprint density at radius 1 is 1.06 bits per heavy atom. The van der Waals surface area contributed by atoms with Crippen molar-refractivity contribution in [2.45, 2.75) is 33.6 Å². The first-order valence-corrected chi connectivity index (χ1v) is 10.9. The number of fused-ring (bicyclic) bond motifs is 1. The number of rotatable bonds is 4. The molecule has 0 saturated heterocycles. The highest BCUT2D eigenvalue weighted by Gasteiger charge is 2.37. The molecule has 6 nitrogen and oxygen atoms in total. The van der Waals surface area contributed by atoms with E-state index in [4.69, 9.17) is 4.74 Å². The van der Waals surface area contributed by atoms with Crippen LogP contribution in [0.15, 0.2) is 59.5 Å². The van der Waals surface area contributed by atoms with E-state index in [1.807, 2.05) is 51.1 Å². The van der Waals surface area contributed by atoms with Gasteiger partial charge in [0.25, 0.3) is 11.5 Å². The number of carbonyl (C=O) groups is 2. The number of para-hydroxylation sites is 1. The molecule has 33 heavy (non-hydrogen) atoms. The maximum Gasteiger partial charge on any atom is 0.268 e. The highest BCUT2D eigenvalue weighted by atomic mass is 16.5. The number of methoxy groups -OCH3 is 1. The number of Topliss-reactive ketones (excluding diaryl/α,β-unsaturated/α-hetero) is 1. The zero-order chi connectivity index (χ0) is 23.9. The van der Waals surface area contributed by atoms with E-state index in [0.29, 0.717) is 41.1 Å². The minimum Gasteiger partial charge on any atom is -0.495 e. The lowest BCUT2D eigenvalue weighted by atomic mass is 9.73. The second-order valence-electron chi connectivity index (χ2n) is 9.39. The van der Waals surface area contributed by atoms with Gasteiger partial charge in [-0.05, 0) is 54.2 Å². The van der Waals surface area contributed by atoms with E-state index < -0.39 is 11.5 Å². The Morgan fingerprint density at radius 2 is 1.76 bits per heavy atom. The Kier molecular flexibility index (Phi) is 5.70. The Labute approximate surface area is 193 Å². The standard InChI is InChI=1S/C27H28N2O4/c1-17-11-12-23(33-5)21(13-17)28(4)25(31)24-19-14-27(2,3)15-22(30)20(19)16-29(26(24)32)18-9-7-6-8-10-18/h6-13,16H,14-15H2,1-5H3. The SMILES string of the molecule is COc1ccc(C)cc1N(C)C(=O)c1c2c(cn(-c3ccccc3)c1=O)C(=O)CC(C)(C)C2. The van der Waals surface area contributed by atoms with Gasteiger partial charge in [-0.2, -0.15) is 0 Å². The quantitative estimate of drug-likeness (QED) is 0.590. The molecule has 0 fully saturated rings. The summed E-state index contributed by atoms with van der Waals surface area (Å²) < 4.78 is 6.87. The third-order valence-electron chi connectivity index (χ3n) is 6.16. The van der Waals surface area contributed by atoms with E-state index in [9.17, 15) is 14.4 Å². The summed E-state index contributed by atoms with van der Waals surface area (Å²) in [7, 11) is 3.17. The number of hydrogen-bond acceptors (Lipinski definition) is 4. The maximum atomic E-state index is 13.9. The van der Waals surface area contributed by atoms with Gasteiger partial charge >= 0.3 is 0 Å². The fourth-order valence-electron chi connectivity index (χ4n) is 4.48. The zero-order valence-corrected chi connectivity index (χ0v) is 19.6. The number of anilines is 1. The van der Waals surface area contributed by atoms with Gasteiger partial charge in [0.2, 0.25) is 0 Å². The summed E-state index contributed by atoms with van der Waals surface area (Å²) in [6.07, 6.45) is 2.43. The fraction of sp³-hybridized carbons (Fsp3) is 0.296. The molecule has 0 radical (unpaired) electrons. The number of amides is 1. The van der Waals surface area contributed by atoms with Crippen LogP contribution in [0.1, 0.15) is 52.1 Å². The largest absolute Gasteiger partial charge is 0.495 e. The average molecular weight is 445 g/mol. The lowest BCUT2D eigenvalue weighted by molar-refractivity contribution is 0.0910. The zero-order valence-electron chi connectivity index (χ0n) is 19.6. The number of carbonyl (C=O) groups excluding carboxylic acids is 2. The van der Waals surface area contributed by atoms with Crippen molar-refractivity contribution in [2.24, 2.45) is 5.41 Å². The maximum absolute atomic E-state index is 13.9. The predicted molar refractivity (Wildman–Crippen MR) is 129 cm³/mol. The van der Waals surface area contributed by atoms with Gasteiger partial charge in [0, 0.05) is 30.9 Å². The lowest BCUT2D eigenvalue weighted by Gasteiger charge is -2.32. The van der Waals surface area contributed by atoms with Crippen molar-refractivity contribution in [2.75, 3.05) is 19.1 Å². The van der Waals surface area contributed by atoms with Crippen LogP contribution in [0.25, 0.3) is 5.69 Å². The Balaban J connectivity index is 1.96. The molecule has 0 spiro atoms. The fourth-order valence-corrected chi connectivity index (χ4v) is 4.48. The van der Waals surface area contributed by atoms with Crippen LogP contribution in [0.5, 0.6) is 5.75 Å². The van der Waals surface area contributed by atoms with Crippen LogP contribution < -0.4 is 15.2 Å². The molecule has 0 atom stereocenters. The molecule has 0 saturated carbocycles. The van der Waals surface area contributed by atoms with Crippen LogP contribution in [0.4, 0.5) is 5.69 Å². The highest BCUT2D eigenvalue weighted by Crippen LogP contribution is 2.37. The summed E-state index contributed by atoms with van der Waals surface area (Å²) >= 11 is 0. The van der Waals surface area contributed by atoms with E-state index in [1.165, 1.54) is 9.47 Å². The summed E-state index contributed by atoms with van der Waals surface area (Å²) in [6.45, 7) is 5.89. The topological polar surface area (TPSA) is 68.6 Å². The van der Waals surface area contributed by atoms with E-state index in [-0.39, 0.29) is 16.8 Å². The molecule has 4 rings (SSSR count). The molecule has 0 aliphatic heterocycles. The molecule has 1 aliphatic carbocycles. The van der Waals surface area contributed by atoms with Crippen molar-refractivity contribution in [3.8, 4) is 11.4 Å². The first-order valence-electron chi connectivity index (χ1n) is 10.9. The van der Waals surface area contributed by atoms with E-state index in [0.717, 1.165) is 5.56 Å². The first kappa shape index (κ1) is 22.5. The van der Waals surface area contributed by atoms with Gasteiger partial charge in [-0.1, -0.05) is 38.1 Å². The average Bonchev–Trinajstić information content (AvgIpc) is 2.77. The van der Waals surface area contributed by atoms with Crippen molar-refractivity contribution in [1.29, 1.82) is 0 Å². The number of aromatic nitrogens is 1. The van der Waals surface area contributed by atoms with Crippen LogP contribution in [0.3, 0.4) is 0 Å². The Hall–Kier alpha value is -3.67. The molecular formula is C27H28N2O4. The van der Waals surface area contributed by atoms with Gasteiger partial charge < -0.3 is 9.64 Å². The molecule has 6 heteroatoms. The minimum absolute atomic E-state index is 0.0311. The molecule has 2 aromatic carbocycles. The van der Waals surface area contributed by atoms with Gasteiger partial charge in [0.05, 0.1) is 12.8 Å². The van der Waals surface area contributed by atoms with Crippen molar-refractivity contribution in [3.05, 3.63) is 87.3 Å². The van der Waals surface area contributed by atoms with Gasteiger partial charge in [0.1, 0.15) is 11.3 Å². The summed E-state index contributed by atoms with van der Waals surface area (Å²) in [5, 5.41) is 0. The van der Waals surface area contributed by atoms with Crippen LogP contribution >= 0.6 is 0 Å². The molecule has 3 aromatic rings. The van der Waals surface area contributed by atoms with Crippen molar-refractivity contribution in [3.63, 3.8) is 0 Å². The normalized spacial score (nSPS) is 14.5. The number of aryl methyl sites for hydroxylation is 1. The summed E-state index contributed by atoms with van der Waals surface area (Å²) in [5.74, 6) is 0.00717. The van der Waals surface area contributed by atoms with Gasteiger partial charge in [0.15, 0.2) is 5.78 Å².